The van der Waals surface area contributed by atoms with Crippen LogP contribution in [0.1, 0.15) is 11.1 Å². The molecule has 5 heteroatoms. The molecule has 0 aromatic heterocycles. The summed E-state index contributed by atoms with van der Waals surface area (Å²) in [5.74, 6) is 1.44. The molecule has 0 amide bonds. The fourth-order valence-corrected chi connectivity index (χ4v) is 2.26. The van der Waals surface area contributed by atoms with Gasteiger partial charge in [0.25, 0.3) is 0 Å². The lowest BCUT2D eigenvalue weighted by Crippen LogP contribution is -2.12. The average molecular weight is 354 g/mol. The van der Waals surface area contributed by atoms with Crippen LogP contribution in [-0.4, -0.2) is 13.7 Å². The van der Waals surface area contributed by atoms with Gasteiger partial charge in [-0.25, -0.2) is 0 Å². The maximum absolute atomic E-state index is 5.97. The molecule has 0 fully saturated rings. The van der Waals surface area contributed by atoms with Gasteiger partial charge in [-0.05, 0) is 35.4 Å². The van der Waals surface area contributed by atoms with Gasteiger partial charge in [-0.3, -0.25) is 0 Å². The molecule has 3 nitrogen and oxygen atoms in total. The molecular formula is C18H21Cl2NO2. The Morgan fingerprint density at radius 3 is 2.65 bits per heavy atom. The summed E-state index contributed by atoms with van der Waals surface area (Å²) in [5, 5.41) is 3.96. The van der Waals surface area contributed by atoms with E-state index in [4.69, 9.17) is 21.1 Å². The van der Waals surface area contributed by atoms with E-state index in [0.717, 1.165) is 35.7 Å². The third-order valence-electron chi connectivity index (χ3n) is 3.13. The normalized spacial score (nSPS) is 9.83. The van der Waals surface area contributed by atoms with Crippen molar-refractivity contribution in [2.24, 2.45) is 0 Å². The van der Waals surface area contributed by atoms with Gasteiger partial charge in [0.2, 0.25) is 0 Å². The minimum absolute atomic E-state index is 0. The van der Waals surface area contributed by atoms with Crippen LogP contribution in [0.15, 0.2) is 55.1 Å². The molecular weight excluding hydrogens is 333 g/mol. The van der Waals surface area contributed by atoms with Crippen LogP contribution in [0.2, 0.25) is 5.02 Å². The van der Waals surface area contributed by atoms with Crippen molar-refractivity contribution >= 4 is 24.0 Å². The Morgan fingerprint density at radius 1 is 1.13 bits per heavy atom. The summed E-state index contributed by atoms with van der Waals surface area (Å²) in [4.78, 5) is 0. The van der Waals surface area contributed by atoms with Gasteiger partial charge >= 0.3 is 0 Å². The molecule has 0 unspecified atom stereocenters. The molecule has 0 atom stereocenters. The first kappa shape index (κ1) is 19.4. The Hall–Kier alpha value is -1.68. The predicted octanol–water partition coefficient (Wildman–Crippen LogP) is 4.63. The molecule has 0 aliphatic carbocycles. The van der Waals surface area contributed by atoms with Crippen molar-refractivity contribution in [3.05, 3.63) is 71.3 Å². The molecule has 124 valence electrons. The molecule has 0 bridgehead atoms. The van der Waals surface area contributed by atoms with Gasteiger partial charge in [0.15, 0.2) is 11.5 Å². The third-order valence-corrected chi connectivity index (χ3v) is 3.36. The Kier molecular flexibility index (Phi) is 8.56. The van der Waals surface area contributed by atoms with Crippen LogP contribution in [-0.2, 0) is 13.2 Å². The number of benzene rings is 2. The van der Waals surface area contributed by atoms with E-state index in [1.165, 1.54) is 0 Å². The van der Waals surface area contributed by atoms with Gasteiger partial charge < -0.3 is 14.8 Å². The summed E-state index contributed by atoms with van der Waals surface area (Å²) in [6.45, 7) is 5.67. The van der Waals surface area contributed by atoms with Crippen molar-refractivity contribution in [1.82, 2.24) is 5.32 Å². The smallest absolute Gasteiger partial charge is 0.161 e. The molecule has 2 rings (SSSR count). The highest BCUT2D eigenvalue weighted by atomic mass is 35.5. The molecule has 23 heavy (non-hydrogen) atoms. The van der Waals surface area contributed by atoms with Crippen molar-refractivity contribution in [3.8, 4) is 11.5 Å². The van der Waals surface area contributed by atoms with Gasteiger partial charge in [0.1, 0.15) is 6.61 Å². The molecule has 0 radical (unpaired) electrons. The van der Waals surface area contributed by atoms with Crippen molar-refractivity contribution in [1.29, 1.82) is 0 Å². The van der Waals surface area contributed by atoms with E-state index in [0.29, 0.717) is 11.6 Å². The Labute approximate surface area is 148 Å². The average Bonchev–Trinajstić information content (AvgIpc) is 2.53. The molecule has 0 aliphatic rings. The van der Waals surface area contributed by atoms with E-state index in [2.05, 4.69) is 11.9 Å². The quantitative estimate of drug-likeness (QED) is 0.554. The van der Waals surface area contributed by atoms with Gasteiger partial charge in [-0.2, -0.15) is 0 Å². The fourth-order valence-electron chi connectivity index (χ4n) is 2.05. The summed E-state index contributed by atoms with van der Waals surface area (Å²) in [7, 11) is 1.64. The number of hydrogen-bond donors (Lipinski definition) is 1. The number of rotatable bonds is 8. The van der Waals surface area contributed by atoms with Crippen molar-refractivity contribution < 1.29 is 9.47 Å². The second-order valence-electron chi connectivity index (χ2n) is 4.82. The van der Waals surface area contributed by atoms with E-state index < -0.39 is 0 Å². The van der Waals surface area contributed by atoms with E-state index in [-0.39, 0.29) is 12.4 Å². The van der Waals surface area contributed by atoms with Crippen LogP contribution in [0.25, 0.3) is 0 Å². The SMILES string of the molecule is C=CCNCc1ccc(OCc2cccc(Cl)c2)c(OC)c1.Cl. The number of hydrogen-bond acceptors (Lipinski definition) is 3. The Balaban J connectivity index is 0.00000264. The van der Waals surface area contributed by atoms with Gasteiger partial charge in [0.05, 0.1) is 7.11 Å². The zero-order chi connectivity index (χ0) is 15.8. The maximum atomic E-state index is 5.97. The maximum Gasteiger partial charge on any atom is 0.161 e. The van der Waals surface area contributed by atoms with Crippen LogP contribution in [0, 0.1) is 0 Å². The van der Waals surface area contributed by atoms with E-state index >= 15 is 0 Å². The molecule has 2 aromatic carbocycles. The van der Waals surface area contributed by atoms with Crippen LogP contribution in [0.3, 0.4) is 0 Å². The summed E-state index contributed by atoms with van der Waals surface area (Å²) < 4.78 is 11.2. The molecule has 1 N–H and O–H groups in total. The highest BCUT2D eigenvalue weighted by Crippen LogP contribution is 2.29. The first-order chi connectivity index (χ1) is 10.7. The number of ether oxygens (including phenoxy) is 2. The van der Waals surface area contributed by atoms with Crippen LogP contribution >= 0.6 is 24.0 Å². The van der Waals surface area contributed by atoms with Crippen molar-refractivity contribution in [2.45, 2.75) is 13.2 Å². The highest BCUT2D eigenvalue weighted by Gasteiger charge is 2.06. The number of nitrogens with one attached hydrogen (secondary N) is 1. The fraction of sp³-hybridized carbons (Fsp3) is 0.222. The summed E-state index contributed by atoms with van der Waals surface area (Å²) in [6, 6.07) is 13.5. The van der Waals surface area contributed by atoms with Crippen LogP contribution in [0.5, 0.6) is 11.5 Å². The number of halogens is 2. The number of methoxy groups -OCH3 is 1. The molecule has 2 aromatic rings. The third kappa shape index (κ3) is 6.14. The molecule has 0 saturated heterocycles. The lowest BCUT2D eigenvalue weighted by atomic mass is 10.2. The highest BCUT2D eigenvalue weighted by molar-refractivity contribution is 6.30. The van der Waals surface area contributed by atoms with E-state index in [1.54, 1.807) is 7.11 Å². The predicted molar refractivity (Wildman–Crippen MR) is 97.9 cm³/mol. The minimum Gasteiger partial charge on any atom is -0.493 e. The van der Waals surface area contributed by atoms with Gasteiger partial charge in [-0.1, -0.05) is 35.9 Å². The second-order valence-corrected chi connectivity index (χ2v) is 5.26. The summed E-state index contributed by atoms with van der Waals surface area (Å²) in [5.41, 5.74) is 2.15. The van der Waals surface area contributed by atoms with Crippen LogP contribution < -0.4 is 14.8 Å². The topological polar surface area (TPSA) is 30.5 Å². The van der Waals surface area contributed by atoms with Gasteiger partial charge in [-0.15, -0.1) is 19.0 Å². The largest absolute Gasteiger partial charge is 0.493 e. The first-order valence-corrected chi connectivity index (χ1v) is 7.46. The van der Waals surface area contributed by atoms with Crippen LogP contribution in [0.4, 0.5) is 0 Å². The van der Waals surface area contributed by atoms with E-state index in [1.807, 2.05) is 48.5 Å². The Morgan fingerprint density at radius 2 is 1.96 bits per heavy atom. The zero-order valence-corrected chi connectivity index (χ0v) is 14.6. The summed E-state index contributed by atoms with van der Waals surface area (Å²) >= 11 is 5.97. The monoisotopic (exact) mass is 353 g/mol. The Bertz CT molecular complexity index is 632. The van der Waals surface area contributed by atoms with Crippen molar-refractivity contribution in [3.63, 3.8) is 0 Å². The molecule has 0 heterocycles. The van der Waals surface area contributed by atoms with Gasteiger partial charge in [0, 0.05) is 18.1 Å². The lowest BCUT2D eigenvalue weighted by molar-refractivity contribution is 0.284. The van der Waals surface area contributed by atoms with Crippen molar-refractivity contribution in [2.75, 3.05) is 13.7 Å². The lowest BCUT2D eigenvalue weighted by Gasteiger charge is -2.12. The van der Waals surface area contributed by atoms with E-state index in [9.17, 15) is 0 Å². The first-order valence-electron chi connectivity index (χ1n) is 7.08. The standard InChI is InChI=1S/C18H20ClNO2.ClH/c1-3-9-20-12-14-7-8-17(18(11-14)21-2)22-13-15-5-4-6-16(19)10-15;/h3-8,10-11,20H,1,9,12-13H2,2H3;1H. The molecule has 0 saturated carbocycles. The zero-order valence-electron chi connectivity index (χ0n) is 13.0. The summed E-state index contributed by atoms with van der Waals surface area (Å²) in [6.07, 6.45) is 1.83. The molecule has 0 spiro atoms. The molecule has 0 aliphatic heterocycles. The second kappa shape index (κ2) is 10.2. The minimum atomic E-state index is 0.